The third kappa shape index (κ3) is 4.84. The predicted molar refractivity (Wildman–Crippen MR) is 88.8 cm³/mol. The second kappa shape index (κ2) is 8.15. The maximum absolute atomic E-state index is 12.0. The summed E-state index contributed by atoms with van der Waals surface area (Å²) in [6.45, 7) is 3.67. The second-order valence-corrected chi connectivity index (χ2v) is 5.37. The molecule has 2 aromatic carbocycles. The number of esters is 2. The van der Waals surface area contributed by atoms with Crippen LogP contribution in [-0.4, -0.2) is 25.2 Å². The Bertz CT molecular complexity index is 706. The standard InChI is InChI=1S/C19H20O5/c1-13-7-9-17(10-8-13)24-14(2)18(20)23-12-15-5-4-6-16(11-15)19(21)22-3/h4-11,14H,12H2,1-3H3. The van der Waals surface area contributed by atoms with Crippen LogP contribution in [0, 0.1) is 6.92 Å². The minimum Gasteiger partial charge on any atom is -0.479 e. The van der Waals surface area contributed by atoms with Crippen LogP contribution in [0.15, 0.2) is 48.5 Å². The molecular formula is C19H20O5. The lowest BCUT2D eigenvalue weighted by molar-refractivity contribution is -0.152. The van der Waals surface area contributed by atoms with E-state index in [1.54, 1.807) is 43.3 Å². The molecule has 5 nitrogen and oxygen atoms in total. The number of hydrogen-bond acceptors (Lipinski definition) is 5. The highest BCUT2D eigenvalue weighted by molar-refractivity contribution is 5.89. The van der Waals surface area contributed by atoms with Crippen LogP contribution in [-0.2, 0) is 20.9 Å². The van der Waals surface area contributed by atoms with Crippen molar-refractivity contribution >= 4 is 11.9 Å². The number of ether oxygens (including phenoxy) is 3. The van der Waals surface area contributed by atoms with Crippen LogP contribution < -0.4 is 4.74 Å². The summed E-state index contributed by atoms with van der Waals surface area (Å²) in [6.07, 6.45) is -0.725. The summed E-state index contributed by atoms with van der Waals surface area (Å²) >= 11 is 0. The lowest BCUT2D eigenvalue weighted by Gasteiger charge is -2.14. The fourth-order valence-electron chi connectivity index (χ4n) is 2.05. The zero-order valence-electron chi connectivity index (χ0n) is 13.9. The van der Waals surface area contributed by atoms with Crippen molar-refractivity contribution in [2.45, 2.75) is 26.6 Å². The average molecular weight is 328 g/mol. The first-order valence-corrected chi connectivity index (χ1v) is 7.57. The molecule has 0 bridgehead atoms. The summed E-state index contributed by atoms with van der Waals surface area (Å²) in [7, 11) is 1.32. The molecule has 2 rings (SSSR count). The highest BCUT2D eigenvalue weighted by Crippen LogP contribution is 2.14. The average Bonchev–Trinajstić information content (AvgIpc) is 2.61. The monoisotopic (exact) mass is 328 g/mol. The van der Waals surface area contributed by atoms with Gasteiger partial charge in [-0.25, -0.2) is 9.59 Å². The number of carbonyl (C=O) groups excluding carboxylic acids is 2. The number of methoxy groups -OCH3 is 1. The molecule has 0 aromatic heterocycles. The van der Waals surface area contributed by atoms with Gasteiger partial charge >= 0.3 is 11.9 Å². The fraction of sp³-hybridized carbons (Fsp3) is 0.263. The molecule has 0 aliphatic heterocycles. The first kappa shape index (κ1) is 17.5. The normalized spacial score (nSPS) is 11.5. The summed E-state index contributed by atoms with van der Waals surface area (Å²) in [4.78, 5) is 23.5. The van der Waals surface area contributed by atoms with Crippen LogP contribution in [0.25, 0.3) is 0 Å². The molecule has 5 heteroatoms. The lowest BCUT2D eigenvalue weighted by Crippen LogP contribution is -2.26. The third-order valence-corrected chi connectivity index (χ3v) is 3.39. The highest BCUT2D eigenvalue weighted by atomic mass is 16.6. The number of carbonyl (C=O) groups is 2. The zero-order valence-corrected chi connectivity index (χ0v) is 13.9. The zero-order chi connectivity index (χ0) is 17.5. The number of benzene rings is 2. The first-order chi connectivity index (χ1) is 11.5. The maximum atomic E-state index is 12.0. The Morgan fingerprint density at radius 3 is 2.46 bits per heavy atom. The van der Waals surface area contributed by atoms with E-state index in [2.05, 4.69) is 4.74 Å². The lowest BCUT2D eigenvalue weighted by atomic mass is 10.1. The van der Waals surface area contributed by atoms with E-state index in [-0.39, 0.29) is 6.61 Å². The van der Waals surface area contributed by atoms with Crippen molar-refractivity contribution in [1.29, 1.82) is 0 Å². The molecule has 0 aliphatic rings. The molecule has 0 heterocycles. The fourth-order valence-corrected chi connectivity index (χ4v) is 2.05. The number of rotatable bonds is 6. The SMILES string of the molecule is COC(=O)c1cccc(COC(=O)C(C)Oc2ccc(C)cc2)c1. The van der Waals surface area contributed by atoms with E-state index in [9.17, 15) is 9.59 Å². The Morgan fingerprint density at radius 1 is 1.08 bits per heavy atom. The van der Waals surface area contributed by atoms with Gasteiger partial charge in [0.05, 0.1) is 12.7 Å². The Kier molecular flexibility index (Phi) is 5.95. The summed E-state index contributed by atoms with van der Waals surface area (Å²) in [5.41, 5.74) is 2.23. The third-order valence-electron chi connectivity index (χ3n) is 3.39. The first-order valence-electron chi connectivity index (χ1n) is 7.57. The van der Waals surface area contributed by atoms with E-state index in [0.717, 1.165) is 5.56 Å². The highest BCUT2D eigenvalue weighted by Gasteiger charge is 2.16. The van der Waals surface area contributed by atoms with Gasteiger partial charge in [0, 0.05) is 0 Å². The van der Waals surface area contributed by atoms with Crippen molar-refractivity contribution in [3.8, 4) is 5.75 Å². The molecule has 2 aromatic rings. The van der Waals surface area contributed by atoms with Gasteiger partial charge in [0.25, 0.3) is 0 Å². The molecule has 0 saturated carbocycles. The molecule has 0 spiro atoms. The summed E-state index contributed by atoms with van der Waals surface area (Å²) in [6, 6.07) is 14.2. The van der Waals surface area contributed by atoms with Gasteiger partial charge in [-0.1, -0.05) is 29.8 Å². The smallest absolute Gasteiger partial charge is 0.347 e. The van der Waals surface area contributed by atoms with E-state index < -0.39 is 18.0 Å². The van der Waals surface area contributed by atoms with Gasteiger partial charge in [0.1, 0.15) is 12.4 Å². The molecule has 1 unspecified atom stereocenters. The minimum absolute atomic E-state index is 0.0608. The van der Waals surface area contributed by atoms with Gasteiger partial charge in [0.2, 0.25) is 0 Å². The van der Waals surface area contributed by atoms with Crippen molar-refractivity contribution in [2.75, 3.05) is 7.11 Å². The van der Waals surface area contributed by atoms with Gasteiger partial charge in [-0.2, -0.15) is 0 Å². The van der Waals surface area contributed by atoms with Gasteiger partial charge in [-0.05, 0) is 43.7 Å². The molecular weight excluding hydrogens is 308 g/mol. The van der Waals surface area contributed by atoms with E-state index in [4.69, 9.17) is 9.47 Å². The molecule has 126 valence electrons. The number of hydrogen-bond donors (Lipinski definition) is 0. The van der Waals surface area contributed by atoms with Crippen molar-refractivity contribution < 1.29 is 23.8 Å². The minimum atomic E-state index is -0.725. The van der Waals surface area contributed by atoms with Crippen LogP contribution in [0.2, 0.25) is 0 Å². The molecule has 1 atom stereocenters. The van der Waals surface area contributed by atoms with Gasteiger partial charge in [0.15, 0.2) is 6.10 Å². The van der Waals surface area contributed by atoms with Crippen LogP contribution in [0.4, 0.5) is 0 Å². The van der Waals surface area contributed by atoms with Crippen molar-refractivity contribution in [3.63, 3.8) is 0 Å². The van der Waals surface area contributed by atoms with Crippen LogP contribution in [0.3, 0.4) is 0 Å². The van der Waals surface area contributed by atoms with E-state index in [1.807, 2.05) is 19.1 Å². The molecule has 0 fully saturated rings. The van der Waals surface area contributed by atoms with Crippen LogP contribution in [0.1, 0.15) is 28.4 Å². The summed E-state index contributed by atoms with van der Waals surface area (Å²) < 4.78 is 15.5. The molecule has 24 heavy (non-hydrogen) atoms. The Morgan fingerprint density at radius 2 is 1.79 bits per heavy atom. The Hall–Kier alpha value is -2.82. The Labute approximate surface area is 141 Å². The molecule has 0 N–H and O–H groups in total. The van der Waals surface area contributed by atoms with Crippen LogP contribution >= 0.6 is 0 Å². The predicted octanol–water partition coefficient (Wildman–Crippen LogP) is 3.29. The van der Waals surface area contributed by atoms with Crippen LogP contribution in [0.5, 0.6) is 5.75 Å². The van der Waals surface area contributed by atoms with Crippen molar-refractivity contribution in [2.24, 2.45) is 0 Å². The second-order valence-electron chi connectivity index (χ2n) is 5.37. The van der Waals surface area contributed by atoms with E-state index in [1.165, 1.54) is 7.11 Å². The van der Waals surface area contributed by atoms with Crippen molar-refractivity contribution in [1.82, 2.24) is 0 Å². The molecule has 0 saturated heterocycles. The van der Waals surface area contributed by atoms with Gasteiger partial charge in [-0.3, -0.25) is 0 Å². The van der Waals surface area contributed by atoms with Gasteiger partial charge in [-0.15, -0.1) is 0 Å². The van der Waals surface area contributed by atoms with Crippen molar-refractivity contribution in [3.05, 3.63) is 65.2 Å². The topological polar surface area (TPSA) is 61.8 Å². The largest absolute Gasteiger partial charge is 0.479 e. The molecule has 0 amide bonds. The van der Waals surface area contributed by atoms with Gasteiger partial charge < -0.3 is 14.2 Å². The Balaban J connectivity index is 1.90. The molecule has 0 radical (unpaired) electrons. The summed E-state index contributed by atoms with van der Waals surface area (Å²) in [5, 5.41) is 0. The summed E-state index contributed by atoms with van der Waals surface area (Å²) in [5.74, 6) is -0.295. The molecule has 0 aliphatic carbocycles. The maximum Gasteiger partial charge on any atom is 0.347 e. The quantitative estimate of drug-likeness (QED) is 0.762. The van der Waals surface area contributed by atoms with E-state index in [0.29, 0.717) is 16.9 Å². The van der Waals surface area contributed by atoms with E-state index >= 15 is 0 Å². The number of aryl methyl sites for hydroxylation is 1.